The van der Waals surface area contributed by atoms with Gasteiger partial charge in [0.1, 0.15) is 6.33 Å². The van der Waals surface area contributed by atoms with Crippen molar-refractivity contribution in [3.8, 4) is 17.0 Å². The largest absolute Gasteiger partial charge is 0.494 e. The van der Waals surface area contributed by atoms with Gasteiger partial charge in [0.2, 0.25) is 5.88 Å². The summed E-state index contributed by atoms with van der Waals surface area (Å²) in [6.07, 6.45) is 9.28. The van der Waals surface area contributed by atoms with Gasteiger partial charge in [-0.15, -0.1) is 0 Å². The molecule has 0 bridgehead atoms. The molecule has 0 aliphatic heterocycles. The minimum Gasteiger partial charge on any atom is -0.494 e. The summed E-state index contributed by atoms with van der Waals surface area (Å²) in [6, 6.07) is 14.1. The van der Waals surface area contributed by atoms with Crippen molar-refractivity contribution in [2.24, 2.45) is 0 Å². The van der Waals surface area contributed by atoms with Crippen LogP contribution in [-0.4, -0.2) is 29.6 Å². The molecule has 0 amide bonds. The minimum absolute atomic E-state index is 0.197. The molecule has 4 heterocycles. The van der Waals surface area contributed by atoms with E-state index in [0.717, 1.165) is 33.2 Å². The lowest BCUT2D eigenvalue weighted by atomic mass is 10.1. The number of para-hydroxylation sites is 1. The second-order valence-corrected chi connectivity index (χ2v) is 6.64. The second kappa shape index (κ2) is 6.74. The molecule has 0 saturated carbocycles. The van der Waals surface area contributed by atoms with Gasteiger partial charge in [-0.1, -0.05) is 24.3 Å². The van der Waals surface area contributed by atoms with Crippen LogP contribution in [-0.2, 0) is 13.0 Å². The summed E-state index contributed by atoms with van der Waals surface area (Å²) in [6.45, 7) is 0.609. The summed E-state index contributed by atoms with van der Waals surface area (Å²) >= 11 is 0. The molecule has 6 heteroatoms. The summed E-state index contributed by atoms with van der Waals surface area (Å²) in [5.41, 5.74) is 4.42. The molecule has 0 saturated heterocycles. The highest BCUT2D eigenvalue weighted by atomic mass is 16.3. The van der Waals surface area contributed by atoms with E-state index in [4.69, 9.17) is 4.98 Å². The fraction of sp³-hybridized carbons (Fsp3) is 0.0909. The van der Waals surface area contributed by atoms with E-state index in [9.17, 15) is 5.11 Å². The lowest BCUT2D eigenvalue weighted by Gasteiger charge is -2.07. The number of aryl methyl sites for hydroxylation is 2. The Balaban J connectivity index is 1.48. The highest BCUT2D eigenvalue weighted by Gasteiger charge is 2.15. The lowest BCUT2D eigenvalue weighted by molar-refractivity contribution is 0.422. The molecule has 0 radical (unpaired) electrons. The average Bonchev–Trinajstić information content (AvgIpc) is 3.08. The van der Waals surface area contributed by atoms with Crippen molar-refractivity contribution in [3.05, 3.63) is 79.3 Å². The first-order chi connectivity index (χ1) is 13.8. The van der Waals surface area contributed by atoms with E-state index < -0.39 is 0 Å². The van der Waals surface area contributed by atoms with Crippen LogP contribution >= 0.6 is 0 Å². The highest BCUT2D eigenvalue weighted by Crippen LogP contribution is 2.34. The maximum Gasteiger partial charge on any atom is 0.201 e. The summed E-state index contributed by atoms with van der Waals surface area (Å²) in [5.74, 6) is 0.197. The molecule has 0 aliphatic rings. The van der Waals surface area contributed by atoms with Crippen molar-refractivity contribution in [2.75, 3.05) is 0 Å². The number of pyridine rings is 2. The van der Waals surface area contributed by atoms with Gasteiger partial charge in [-0.2, -0.15) is 0 Å². The van der Waals surface area contributed by atoms with Crippen molar-refractivity contribution in [1.29, 1.82) is 0 Å². The first kappa shape index (κ1) is 16.4. The van der Waals surface area contributed by atoms with Crippen molar-refractivity contribution >= 4 is 21.8 Å². The summed E-state index contributed by atoms with van der Waals surface area (Å²) < 4.78 is 1.82. The molecule has 1 aromatic carbocycles. The molecule has 1 N–H and O–H groups in total. The Bertz CT molecular complexity index is 1280. The van der Waals surface area contributed by atoms with E-state index in [1.165, 1.54) is 6.33 Å². The maximum atomic E-state index is 10.8. The van der Waals surface area contributed by atoms with Crippen LogP contribution in [0.25, 0.3) is 32.9 Å². The number of benzene rings is 1. The van der Waals surface area contributed by atoms with E-state index in [0.29, 0.717) is 18.4 Å². The van der Waals surface area contributed by atoms with Crippen LogP contribution in [0.15, 0.2) is 73.6 Å². The monoisotopic (exact) mass is 367 g/mol. The van der Waals surface area contributed by atoms with Crippen LogP contribution < -0.4 is 0 Å². The Labute approximate surface area is 161 Å². The van der Waals surface area contributed by atoms with Gasteiger partial charge in [0, 0.05) is 60.0 Å². The molecule has 0 aliphatic carbocycles. The van der Waals surface area contributed by atoms with Gasteiger partial charge in [-0.05, 0) is 18.2 Å². The first-order valence-corrected chi connectivity index (χ1v) is 9.06. The number of hydrogen-bond acceptors (Lipinski definition) is 5. The van der Waals surface area contributed by atoms with E-state index >= 15 is 0 Å². The van der Waals surface area contributed by atoms with Gasteiger partial charge in [0.25, 0.3) is 0 Å². The standard InChI is InChI=1S/C22H17N5O/c28-22-21-18(16-11-23-14-24-12-16)7-9-25-20(21)13-27(22)10-8-17-6-5-15-3-1-2-4-19(15)26-17/h1-7,9,11-14,28H,8,10H2. The number of aromatic hydroxyl groups is 1. The van der Waals surface area contributed by atoms with Crippen LogP contribution in [0.2, 0.25) is 0 Å². The third kappa shape index (κ3) is 2.85. The molecule has 6 nitrogen and oxygen atoms in total. The van der Waals surface area contributed by atoms with Crippen LogP contribution in [0.1, 0.15) is 5.69 Å². The highest BCUT2D eigenvalue weighted by molar-refractivity contribution is 5.98. The topological polar surface area (TPSA) is 76.7 Å². The summed E-state index contributed by atoms with van der Waals surface area (Å²) in [7, 11) is 0. The third-order valence-electron chi connectivity index (χ3n) is 4.89. The summed E-state index contributed by atoms with van der Waals surface area (Å²) in [5, 5.41) is 12.7. The number of fused-ring (bicyclic) bond motifs is 2. The predicted octanol–water partition coefficient (Wildman–Crippen LogP) is 3.99. The van der Waals surface area contributed by atoms with Crippen molar-refractivity contribution in [2.45, 2.75) is 13.0 Å². The van der Waals surface area contributed by atoms with E-state index in [1.807, 2.05) is 41.1 Å². The summed E-state index contributed by atoms with van der Waals surface area (Å²) in [4.78, 5) is 17.3. The fourth-order valence-corrected chi connectivity index (χ4v) is 3.49. The molecule has 0 spiro atoms. The Hall–Kier alpha value is -3.80. The molecule has 5 aromatic rings. The van der Waals surface area contributed by atoms with E-state index in [2.05, 4.69) is 27.1 Å². The Kier molecular flexibility index (Phi) is 3.94. The van der Waals surface area contributed by atoms with Gasteiger partial charge < -0.3 is 9.67 Å². The van der Waals surface area contributed by atoms with Gasteiger partial charge in [0.05, 0.1) is 16.4 Å². The van der Waals surface area contributed by atoms with Gasteiger partial charge >= 0.3 is 0 Å². The van der Waals surface area contributed by atoms with Crippen LogP contribution in [0, 0.1) is 0 Å². The Morgan fingerprint density at radius 2 is 1.79 bits per heavy atom. The molecular weight excluding hydrogens is 350 g/mol. The predicted molar refractivity (Wildman–Crippen MR) is 108 cm³/mol. The number of aromatic nitrogens is 5. The first-order valence-electron chi connectivity index (χ1n) is 9.06. The van der Waals surface area contributed by atoms with Gasteiger partial charge in [-0.3, -0.25) is 9.97 Å². The Morgan fingerprint density at radius 1 is 0.929 bits per heavy atom. The van der Waals surface area contributed by atoms with Crippen LogP contribution in [0.4, 0.5) is 0 Å². The lowest BCUT2D eigenvalue weighted by Crippen LogP contribution is -2.01. The average molecular weight is 367 g/mol. The zero-order valence-corrected chi connectivity index (χ0v) is 15.0. The third-order valence-corrected chi connectivity index (χ3v) is 4.89. The van der Waals surface area contributed by atoms with E-state index in [-0.39, 0.29) is 5.88 Å². The molecule has 136 valence electrons. The normalized spacial score (nSPS) is 11.3. The SMILES string of the molecule is Oc1c2c(-c3cncnc3)ccnc2cn1CCc1ccc2ccccc2n1. The zero-order chi connectivity index (χ0) is 18.9. The number of hydrogen-bond donors (Lipinski definition) is 1. The molecule has 28 heavy (non-hydrogen) atoms. The van der Waals surface area contributed by atoms with E-state index in [1.54, 1.807) is 18.6 Å². The number of nitrogens with zero attached hydrogens (tertiary/aromatic N) is 5. The zero-order valence-electron chi connectivity index (χ0n) is 15.0. The molecule has 0 fully saturated rings. The Morgan fingerprint density at radius 3 is 2.68 bits per heavy atom. The second-order valence-electron chi connectivity index (χ2n) is 6.64. The van der Waals surface area contributed by atoms with Gasteiger partial charge in [-0.25, -0.2) is 9.97 Å². The van der Waals surface area contributed by atoms with Crippen molar-refractivity contribution in [3.63, 3.8) is 0 Å². The van der Waals surface area contributed by atoms with Crippen LogP contribution in [0.5, 0.6) is 5.88 Å². The van der Waals surface area contributed by atoms with Crippen molar-refractivity contribution in [1.82, 2.24) is 24.5 Å². The van der Waals surface area contributed by atoms with Gasteiger partial charge in [0.15, 0.2) is 0 Å². The van der Waals surface area contributed by atoms with Crippen molar-refractivity contribution < 1.29 is 5.11 Å². The smallest absolute Gasteiger partial charge is 0.201 e. The fourth-order valence-electron chi connectivity index (χ4n) is 3.49. The molecule has 0 unspecified atom stereocenters. The molecular formula is C22H17N5O. The molecule has 5 rings (SSSR count). The number of rotatable bonds is 4. The molecule has 4 aromatic heterocycles. The minimum atomic E-state index is 0.197. The maximum absolute atomic E-state index is 10.8. The van der Waals surface area contributed by atoms with Crippen LogP contribution in [0.3, 0.4) is 0 Å². The molecule has 0 atom stereocenters. The quantitative estimate of drug-likeness (QED) is 0.520.